The molecule has 0 atom stereocenters. The molecule has 0 spiro atoms. The van der Waals surface area contributed by atoms with Crippen LogP contribution in [0.25, 0.3) is 11.0 Å². The predicted molar refractivity (Wildman–Crippen MR) is 44.5 cm³/mol. The predicted octanol–water partition coefficient (Wildman–Crippen LogP) is 2.56. The van der Waals surface area contributed by atoms with Crippen molar-refractivity contribution < 1.29 is 8.78 Å². The number of nitrogens with zero attached hydrogens (tertiary/aromatic N) is 2. The number of hydrogen-bond donors (Lipinski definition) is 0. The summed E-state index contributed by atoms with van der Waals surface area (Å²) < 4.78 is 25.7. The second kappa shape index (κ2) is 2.88. The molecule has 0 amide bonds. The van der Waals surface area contributed by atoms with Crippen LogP contribution in [-0.2, 0) is 0 Å². The van der Waals surface area contributed by atoms with Crippen LogP contribution in [0.2, 0.25) is 5.15 Å². The molecule has 5 heteroatoms. The lowest BCUT2D eigenvalue weighted by molar-refractivity contribution is 0.515. The van der Waals surface area contributed by atoms with Crippen LogP contribution in [0, 0.1) is 11.6 Å². The van der Waals surface area contributed by atoms with Crippen LogP contribution >= 0.6 is 11.6 Å². The molecule has 2 nitrogen and oxygen atoms in total. The van der Waals surface area contributed by atoms with Crippen molar-refractivity contribution >= 4 is 22.6 Å². The maximum absolute atomic E-state index is 13.0. The lowest BCUT2D eigenvalue weighted by Crippen LogP contribution is -1.91. The largest absolute Gasteiger partial charge is 0.248 e. The van der Waals surface area contributed by atoms with Gasteiger partial charge in [-0.1, -0.05) is 11.6 Å². The van der Waals surface area contributed by atoms with E-state index in [9.17, 15) is 8.78 Å². The van der Waals surface area contributed by atoms with Gasteiger partial charge in [0.05, 0.1) is 11.7 Å². The maximum Gasteiger partial charge on any atom is 0.186 e. The molecule has 1 aromatic carbocycles. The van der Waals surface area contributed by atoms with E-state index in [2.05, 4.69) is 9.97 Å². The highest BCUT2D eigenvalue weighted by Crippen LogP contribution is 2.17. The Balaban J connectivity index is 2.87. The molecule has 1 aromatic heterocycles. The van der Waals surface area contributed by atoms with E-state index in [4.69, 9.17) is 11.6 Å². The second-order valence-corrected chi connectivity index (χ2v) is 2.81. The molecule has 0 unspecified atom stereocenters. The van der Waals surface area contributed by atoms with E-state index in [0.717, 1.165) is 6.07 Å². The average molecular weight is 201 g/mol. The molecule has 1 heterocycles. The van der Waals surface area contributed by atoms with Gasteiger partial charge in [0.2, 0.25) is 0 Å². The Morgan fingerprint density at radius 3 is 2.77 bits per heavy atom. The zero-order valence-corrected chi connectivity index (χ0v) is 7.02. The molecule has 0 saturated carbocycles. The fourth-order valence-corrected chi connectivity index (χ4v) is 1.14. The minimum atomic E-state index is -0.998. The lowest BCUT2D eigenvalue weighted by Gasteiger charge is -1.98. The molecular formula is C8H3ClF2N2. The Bertz CT molecular complexity index is 473. The smallest absolute Gasteiger partial charge is 0.186 e. The van der Waals surface area contributed by atoms with Gasteiger partial charge in [0.25, 0.3) is 0 Å². The van der Waals surface area contributed by atoms with Gasteiger partial charge in [-0.15, -0.1) is 0 Å². The molecule has 66 valence electrons. The Morgan fingerprint density at radius 1 is 1.23 bits per heavy atom. The number of rotatable bonds is 0. The van der Waals surface area contributed by atoms with Gasteiger partial charge in [-0.2, -0.15) is 0 Å². The van der Waals surface area contributed by atoms with Crippen LogP contribution in [0.5, 0.6) is 0 Å². The van der Waals surface area contributed by atoms with Crippen molar-refractivity contribution in [2.75, 3.05) is 0 Å². The zero-order valence-electron chi connectivity index (χ0n) is 6.26. The molecule has 2 rings (SSSR count). The van der Waals surface area contributed by atoms with Gasteiger partial charge in [-0.3, -0.25) is 0 Å². The Morgan fingerprint density at radius 2 is 2.00 bits per heavy atom. The van der Waals surface area contributed by atoms with Gasteiger partial charge in [0.15, 0.2) is 11.6 Å². The molecule has 0 aliphatic heterocycles. The highest BCUT2D eigenvalue weighted by atomic mass is 35.5. The van der Waals surface area contributed by atoms with Crippen LogP contribution in [0.1, 0.15) is 0 Å². The first-order valence-electron chi connectivity index (χ1n) is 3.45. The van der Waals surface area contributed by atoms with Gasteiger partial charge in [0.1, 0.15) is 10.7 Å². The van der Waals surface area contributed by atoms with Crippen LogP contribution in [0.3, 0.4) is 0 Å². The van der Waals surface area contributed by atoms with Crippen molar-refractivity contribution in [3.05, 3.63) is 35.1 Å². The van der Waals surface area contributed by atoms with E-state index in [1.807, 2.05) is 0 Å². The first-order chi connectivity index (χ1) is 6.18. The fraction of sp³-hybridized carbons (Fsp3) is 0. The molecule has 0 bridgehead atoms. The topological polar surface area (TPSA) is 25.8 Å². The minimum Gasteiger partial charge on any atom is -0.248 e. The summed E-state index contributed by atoms with van der Waals surface area (Å²) in [6.07, 6.45) is 1.17. The van der Waals surface area contributed by atoms with Crippen molar-refractivity contribution in [1.29, 1.82) is 0 Å². The standard InChI is InChI=1S/C8H3ClF2N2/c9-6-3-12-8-5(13-6)2-1-4(10)7(8)11/h1-3H. The van der Waals surface area contributed by atoms with E-state index >= 15 is 0 Å². The highest BCUT2D eigenvalue weighted by molar-refractivity contribution is 6.29. The lowest BCUT2D eigenvalue weighted by atomic mass is 10.3. The molecule has 0 N–H and O–H groups in total. The van der Waals surface area contributed by atoms with Crippen LogP contribution in [0.4, 0.5) is 8.78 Å². The summed E-state index contributed by atoms with van der Waals surface area (Å²) in [5.41, 5.74) is 0.135. The number of benzene rings is 1. The summed E-state index contributed by atoms with van der Waals surface area (Å²) in [5.74, 6) is -1.94. The summed E-state index contributed by atoms with van der Waals surface area (Å²) in [7, 11) is 0. The van der Waals surface area contributed by atoms with Gasteiger partial charge in [-0.25, -0.2) is 18.7 Å². The minimum absolute atomic E-state index is 0.107. The summed E-state index contributed by atoms with van der Waals surface area (Å²) in [6.45, 7) is 0. The third-order valence-corrected chi connectivity index (χ3v) is 1.76. The van der Waals surface area contributed by atoms with E-state index in [-0.39, 0.29) is 16.2 Å². The number of fused-ring (bicyclic) bond motifs is 1. The number of aromatic nitrogens is 2. The third kappa shape index (κ3) is 1.33. The normalized spacial score (nSPS) is 10.7. The van der Waals surface area contributed by atoms with E-state index in [0.29, 0.717) is 0 Å². The Hall–Kier alpha value is -1.29. The summed E-state index contributed by atoms with van der Waals surface area (Å²) in [6, 6.07) is 2.31. The third-order valence-electron chi connectivity index (χ3n) is 1.58. The first-order valence-corrected chi connectivity index (χ1v) is 3.82. The van der Waals surface area contributed by atoms with Crippen molar-refractivity contribution in [2.45, 2.75) is 0 Å². The van der Waals surface area contributed by atoms with Crippen LogP contribution < -0.4 is 0 Å². The molecule has 0 aliphatic carbocycles. The SMILES string of the molecule is Fc1ccc2nc(Cl)cnc2c1F. The molecule has 0 fully saturated rings. The highest BCUT2D eigenvalue weighted by Gasteiger charge is 2.08. The van der Waals surface area contributed by atoms with Gasteiger partial charge >= 0.3 is 0 Å². The van der Waals surface area contributed by atoms with Gasteiger partial charge in [0, 0.05) is 0 Å². The second-order valence-electron chi connectivity index (χ2n) is 2.42. The van der Waals surface area contributed by atoms with Gasteiger partial charge < -0.3 is 0 Å². The summed E-state index contributed by atoms with van der Waals surface area (Å²) in [5, 5.41) is 0.151. The fourth-order valence-electron chi connectivity index (χ4n) is 1.00. The first kappa shape index (κ1) is 8.31. The monoisotopic (exact) mass is 200 g/mol. The van der Waals surface area contributed by atoms with Crippen molar-refractivity contribution in [3.8, 4) is 0 Å². The molecule has 13 heavy (non-hydrogen) atoms. The Labute approximate surface area is 77.2 Å². The Kier molecular flexibility index (Phi) is 1.84. The maximum atomic E-state index is 13.0. The van der Waals surface area contributed by atoms with Crippen molar-refractivity contribution in [3.63, 3.8) is 0 Å². The van der Waals surface area contributed by atoms with E-state index in [1.54, 1.807) is 0 Å². The van der Waals surface area contributed by atoms with Crippen molar-refractivity contribution in [2.24, 2.45) is 0 Å². The number of hydrogen-bond acceptors (Lipinski definition) is 2. The number of halogens is 3. The van der Waals surface area contributed by atoms with Crippen molar-refractivity contribution in [1.82, 2.24) is 9.97 Å². The zero-order chi connectivity index (χ0) is 9.42. The molecular weight excluding hydrogens is 198 g/mol. The van der Waals surface area contributed by atoms with E-state index in [1.165, 1.54) is 12.3 Å². The average Bonchev–Trinajstić information content (AvgIpc) is 2.12. The van der Waals surface area contributed by atoms with E-state index < -0.39 is 11.6 Å². The molecule has 0 radical (unpaired) electrons. The summed E-state index contributed by atoms with van der Waals surface area (Å²) in [4.78, 5) is 7.41. The molecule has 0 saturated heterocycles. The quantitative estimate of drug-likeness (QED) is 0.653. The van der Waals surface area contributed by atoms with Crippen LogP contribution in [-0.4, -0.2) is 9.97 Å². The molecule has 2 aromatic rings. The molecule has 0 aliphatic rings. The van der Waals surface area contributed by atoms with Gasteiger partial charge in [-0.05, 0) is 12.1 Å². The summed E-state index contributed by atoms with van der Waals surface area (Å²) >= 11 is 5.52. The van der Waals surface area contributed by atoms with Crippen LogP contribution in [0.15, 0.2) is 18.3 Å².